The molecule has 0 spiro atoms. The Morgan fingerprint density at radius 2 is 1.61 bits per heavy atom. The predicted molar refractivity (Wildman–Crippen MR) is 148 cm³/mol. The molecule has 2 aromatic heterocycles. The van der Waals surface area contributed by atoms with Crippen molar-refractivity contribution in [3.05, 3.63) is 83.9 Å². The number of benzene rings is 2. The van der Waals surface area contributed by atoms with Crippen molar-refractivity contribution in [2.24, 2.45) is 5.41 Å². The molecule has 3 amide bonds. The Hall–Kier alpha value is -4.77. The highest BCUT2D eigenvalue weighted by Crippen LogP contribution is 2.47. The van der Waals surface area contributed by atoms with Crippen LogP contribution in [-0.4, -0.2) is 56.0 Å². The summed E-state index contributed by atoms with van der Waals surface area (Å²) in [6.07, 6.45) is 3.56. The van der Waals surface area contributed by atoms with E-state index in [1.54, 1.807) is 52.1 Å². The topological polar surface area (TPSA) is 125 Å². The molecule has 1 aliphatic carbocycles. The Morgan fingerprint density at radius 3 is 2.17 bits per heavy atom. The van der Waals surface area contributed by atoms with Crippen molar-refractivity contribution in [3.63, 3.8) is 0 Å². The van der Waals surface area contributed by atoms with E-state index in [2.05, 4.69) is 15.7 Å². The molecule has 210 valence electrons. The van der Waals surface area contributed by atoms with Crippen LogP contribution in [0, 0.1) is 18.2 Å². The minimum Gasteiger partial charge on any atom is -0.455 e. The maximum Gasteiger partial charge on any atom is 0.256 e. The Balaban J connectivity index is 1.14. The fourth-order valence-electron chi connectivity index (χ4n) is 4.98. The van der Waals surface area contributed by atoms with Crippen LogP contribution in [0.5, 0.6) is 11.5 Å². The number of amides is 3. The molecular weight excluding hydrogens is 529 g/mol. The molecular formula is C30H28FN5O5. The van der Waals surface area contributed by atoms with E-state index in [1.807, 2.05) is 13.8 Å². The first-order valence-corrected chi connectivity index (χ1v) is 13.3. The Labute approximate surface area is 234 Å². The van der Waals surface area contributed by atoms with Gasteiger partial charge in [0.1, 0.15) is 22.5 Å². The van der Waals surface area contributed by atoms with Crippen molar-refractivity contribution in [1.29, 1.82) is 0 Å². The second-order valence-corrected chi connectivity index (χ2v) is 10.5. The van der Waals surface area contributed by atoms with Gasteiger partial charge in [-0.05, 0) is 80.8 Å². The van der Waals surface area contributed by atoms with Gasteiger partial charge in [-0.25, -0.2) is 8.91 Å². The number of likely N-dealkylation sites (tertiary alicyclic amines) is 1. The predicted octanol–water partition coefficient (Wildman–Crippen LogP) is 4.14. The van der Waals surface area contributed by atoms with Crippen molar-refractivity contribution in [3.8, 4) is 11.5 Å². The highest BCUT2D eigenvalue weighted by Gasteiger charge is 2.56. The number of carbonyl (C=O) groups excluding carboxylic acids is 3. The van der Waals surface area contributed by atoms with Crippen molar-refractivity contribution in [2.45, 2.75) is 38.8 Å². The van der Waals surface area contributed by atoms with Crippen LogP contribution in [-0.2, 0) is 9.59 Å². The Morgan fingerprint density at radius 1 is 1.00 bits per heavy atom. The molecule has 0 bridgehead atoms. The zero-order valence-corrected chi connectivity index (χ0v) is 22.4. The van der Waals surface area contributed by atoms with Gasteiger partial charge in [-0.2, -0.15) is 5.10 Å². The second-order valence-electron chi connectivity index (χ2n) is 10.5. The molecule has 4 aromatic rings. The molecule has 1 aliphatic heterocycles. The molecule has 0 radical (unpaired) electrons. The summed E-state index contributed by atoms with van der Waals surface area (Å²) in [5.41, 5.74) is 1.60. The van der Waals surface area contributed by atoms with E-state index in [0.717, 1.165) is 0 Å². The number of aliphatic hydroxyl groups is 1. The molecule has 1 saturated carbocycles. The van der Waals surface area contributed by atoms with Gasteiger partial charge in [0.15, 0.2) is 5.75 Å². The molecule has 2 fully saturated rings. The molecule has 3 heterocycles. The minimum atomic E-state index is -1.17. The number of hydrogen-bond acceptors (Lipinski definition) is 6. The van der Waals surface area contributed by atoms with Gasteiger partial charge in [0, 0.05) is 30.2 Å². The zero-order chi connectivity index (χ0) is 28.9. The summed E-state index contributed by atoms with van der Waals surface area (Å²) >= 11 is 0. The lowest BCUT2D eigenvalue weighted by molar-refractivity contribution is -0.131. The van der Waals surface area contributed by atoms with Crippen LogP contribution in [0.25, 0.3) is 5.52 Å². The maximum atomic E-state index is 13.2. The molecule has 2 atom stereocenters. The van der Waals surface area contributed by atoms with Gasteiger partial charge >= 0.3 is 0 Å². The molecule has 11 heteroatoms. The van der Waals surface area contributed by atoms with E-state index in [4.69, 9.17) is 4.74 Å². The first kappa shape index (κ1) is 26.5. The number of β-amino-alcohol motifs (C(OH)–C–C–N with tert-alkyl or cyclic N) is 1. The molecule has 10 nitrogen and oxygen atoms in total. The van der Waals surface area contributed by atoms with Gasteiger partial charge in [-0.3, -0.25) is 14.4 Å². The number of rotatable bonds is 7. The molecule has 6 rings (SSSR count). The minimum absolute atomic E-state index is 0.170. The fraction of sp³-hybridized carbons (Fsp3) is 0.267. The quantitative estimate of drug-likeness (QED) is 0.294. The van der Waals surface area contributed by atoms with Gasteiger partial charge in [-0.15, -0.1) is 0 Å². The average molecular weight is 558 g/mol. The van der Waals surface area contributed by atoms with Crippen LogP contribution < -0.4 is 15.4 Å². The number of aryl methyl sites for hydroxylation is 1. The van der Waals surface area contributed by atoms with Gasteiger partial charge in [0.2, 0.25) is 11.8 Å². The highest BCUT2D eigenvalue weighted by atomic mass is 19.1. The standard InChI is InChI=1S/C30H28FN5O5/c1-17-23(27(38)35-16-24(37)18(35)2)15-36-26(17)25(11-14-32-36)41-22-9-7-21(8-10-22)34-29(40)30(12-13-30)28(39)33-20-5-3-19(31)4-6-20/h3-11,14-15,18,24,37H,12-13,16H2,1-2H3,(H,33,39)(H,34,40)/t18-,24-/m1/s1. The second kappa shape index (κ2) is 10.0. The molecule has 0 unspecified atom stereocenters. The lowest BCUT2D eigenvalue weighted by Gasteiger charge is -2.43. The summed E-state index contributed by atoms with van der Waals surface area (Å²) in [5, 5.41) is 19.6. The number of ether oxygens (including phenoxy) is 1. The van der Waals surface area contributed by atoms with Gasteiger partial charge in [0.25, 0.3) is 5.91 Å². The zero-order valence-electron chi connectivity index (χ0n) is 22.4. The lowest BCUT2D eigenvalue weighted by atomic mass is 9.99. The number of halogens is 1. The normalized spacial score (nSPS) is 18.9. The number of aromatic nitrogens is 2. The van der Waals surface area contributed by atoms with Crippen LogP contribution in [0.1, 0.15) is 35.7 Å². The van der Waals surface area contributed by atoms with Crippen molar-refractivity contribution in [1.82, 2.24) is 14.5 Å². The van der Waals surface area contributed by atoms with E-state index in [0.29, 0.717) is 58.9 Å². The van der Waals surface area contributed by atoms with Crippen molar-refractivity contribution < 1.29 is 28.6 Å². The van der Waals surface area contributed by atoms with E-state index in [-0.39, 0.29) is 11.9 Å². The van der Waals surface area contributed by atoms with E-state index in [9.17, 15) is 23.9 Å². The molecule has 2 aromatic carbocycles. The summed E-state index contributed by atoms with van der Waals surface area (Å²) in [7, 11) is 0. The summed E-state index contributed by atoms with van der Waals surface area (Å²) in [5.74, 6) is -0.421. The number of fused-ring (bicyclic) bond motifs is 1. The number of nitrogens with zero attached hydrogens (tertiary/aromatic N) is 3. The Bertz CT molecular complexity index is 1660. The molecule has 41 heavy (non-hydrogen) atoms. The van der Waals surface area contributed by atoms with Gasteiger partial charge in [0.05, 0.1) is 23.9 Å². The van der Waals surface area contributed by atoms with Crippen LogP contribution in [0.4, 0.5) is 15.8 Å². The molecule has 3 N–H and O–H groups in total. The number of carbonyl (C=O) groups is 3. The SMILES string of the molecule is Cc1c(C(=O)N2C[C@@H](O)[C@H]2C)cn2nccc(Oc3ccc(NC(=O)C4(C(=O)Nc5ccc(F)cc5)CC4)cc3)c12. The third-order valence-electron chi connectivity index (χ3n) is 7.87. The van der Waals surface area contributed by atoms with E-state index in [1.165, 1.54) is 24.3 Å². The van der Waals surface area contributed by atoms with E-state index >= 15 is 0 Å². The van der Waals surface area contributed by atoms with Crippen molar-refractivity contribution in [2.75, 3.05) is 17.2 Å². The summed E-state index contributed by atoms with van der Waals surface area (Å²) in [6, 6.07) is 13.6. The van der Waals surface area contributed by atoms with Crippen LogP contribution in [0.2, 0.25) is 0 Å². The number of nitrogens with one attached hydrogen (secondary N) is 2. The van der Waals surface area contributed by atoms with Crippen LogP contribution >= 0.6 is 0 Å². The first-order valence-electron chi connectivity index (χ1n) is 13.3. The first-order chi connectivity index (χ1) is 19.7. The van der Waals surface area contributed by atoms with E-state index < -0.39 is 29.2 Å². The largest absolute Gasteiger partial charge is 0.455 e. The number of aliphatic hydroxyl groups excluding tert-OH is 1. The smallest absolute Gasteiger partial charge is 0.256 e. The third-order valence-corrected chi connectivity index (χ3v) is 7.87. The monoisotopic (exact) mass is 557 g/mol. The maximum absolute atomic E-state index is 13.2. The number of hydrogen-bond donors (Lipinski definition) is 3. The summed E-state index contributed by atoms with van der Waals surface area (Å²) in [4.78, 5) is 40.5. The number of anilines is 2. The summed E-state index contributed by atoms with van der Waals surface area (Å²) < 4.78 is 20.9. The van der Waals surface area contributed by atoms with Crippen LogP contribution in [0.3, 0.4) is 0 Å². The average Bonchev–Trinajstić information content (AvgIpc) is 3.72. The van der Waals surface area contributed by atoms with Crippen LogP contribution in [0.15, 0.2) is 67.0 Å². The fourth-order valence-corrected chi connectivity index (χ4v) is 4.98. The summed E-state index contributed by atoms with van der Waals surface area (Å²) in [6.45, 7) is 3.94. The molecule has 2 aliphatic rings. The Kier molecular flexibility index (Phi) is 6.46. The van der Waals surface area contributed by atoms with Gasteiger partial charge < -0.3 is 25.4 Å². The van der Waals surface area contributed by atoms with Crippen molar-refractivity contribution >= 4 is 34.6 Å². The lowest BCUT2D eigenvalue weighted by Crippen LogP contribution is -2.60. The third kappa shape index (κ3) is 4.78. The molecule has 1 saturated heterocycles. The highest BCUT2D eigenvalue weighted by molar-refractivity contribution is 6.16. The van der Waals surface area contributed by atoms with Gasteiger partial charge in [-0.1, -0.05) is 0 Å².